The average Bonchev–Trinajstić information content (AvgIpc) is 2.09. The first-order chi connectivity index (χ1) is 5.38. The Balaban J connectivity index is 2.30. The van der Waals surface area contributed by atoms with Crippen LogP contribution in [0.5, 0.6) is 0 Å². The van der Waals surface area contributed by atoms with Gasteiger partial charge in [0.25, 0.3) is 0 Å². The maximum absolute atomic E-state index is 5.19. The van der Waals surface area contributed by atoms with Crippen molar-refractivity contribution in [1.82, 2.24) is 0 Å². The molecule has 1 aliphatic rings. The van der Waals surface area contributed by atoms with Crippen LogP contribution in [-0.4, -0.2) is 6.10 Å². The van der Waals surface area contributed by atoms with Gasteiger partial charge in [-0.1, -0.05) is 26.2 Å². The van der Waals surface area contributed by atoms with Crippen LogP contribution in [0.4, 0.5) is 0 Å². The summed E-state index contributed by atoms with van der Waals surface area (Å²) >= 11 is 0. The van der Waals surface area contributed by atoms with E-state index in [9.17, 15) is 0 Å². The molecule has 1 saturated carbocycles. The standard InChI is InChI=1S/C10H19O/c1-3-10(11-2)9-7-5-4-6-8-9/h9-10H,2-8H2,1H3. The van der Waals surface area contributed by atoms with Crippen LogP contribution in [0, 0.1) is 13.0 Å². The molecule has 0 amide bonds. The number of hydrogen-bond donors (Lipinski definition) is 0. The van der Waals surface area contributed by atoms with Gasteiger partial charge in [-0.25, -0.2) is 0 Å². The summed E-state index contributed by atoms with van der Waals surface area (Å²) < 4.78 is 5.19. The monoisotopic (exact) mass is 155 g/mol. The Labute approximate surface area is 70.1 Å². The smallest absolute Gasteiger partial charge is 0.0704 e. The van der Waals surface area contributed by atoms with Crippen molar-refractivity contribution in [2.45, 2.75) is 51.6 Å². The van der Waals surface area contributed by atoms with Crippen LogP contribution in [0.3, 0.4) is 0 Å². The van der Waals surface area contributed by atoms with Gasteiger partial charge in [0, 0.05) is 0 Å². The third kappa shape index (κ3) is 2.48. The van der Waals surface area contributed by atoms with Gasteiger partial charge in [0.15, 0.2) is 0 Å². The zero-order valence-corrected chi connectivity index (χ0v) is 7.51. The van der Waals surface area contributed by atoms with Crippen molar-refractivity contribution in [3.63, 3.8) is 0 Å². The maximum Gasteiger partial charge on any atom is 0.0704 e. The van der Waals surface area contributed by atoms with Gasteiger partial charge in [-0.3, -0.25) is 0 Å². The van der Waals surface area contributed by atoms with Crippen molar-refractivity contribution in [2.24, 2.45) is 5.92 Å². The lowest BCUT2D eigenvalue weighted by Gasteiger charge is -2.28. The molecule has 1 fully saturated rings. The molecule has 0 aromatic carbocycles. The van der Waals surface area contributed by atoms with Crippen LogP contribution in [0.2, 0.25) is 0 Å². The molecule has 1 aliphatic carbocycles. The molecule has 0 heterocycles. The Morgan fingerprint density at radius 1 is 1.36 bits per heavy atom. The molecule has 1 radical (unpaired) electrons. The molecule has 65 valence electrons. The number of hydrogen-bond acceptors (Lipinski definition) is 1. The van der Waals surface area contributed by atoms with E-state index in [0.717, 1.165) is 12.3 Å². The van der Waals surface area contributed by atoms with Crippen molar-refractivity contribution in [3.05, 3.63) is 7.11 Å². The molecule has 0 bridgehead atoms. The zero-order valence-electron chi connectivity index (χ0n) is 7.51. The molecule has 1 unspecified atom stereocenters. The molecule has 1 rings (SSSR count). The van der Waals surface area contributed by atoms with E-state index < -0.39 is 0 Å². The third-order valence-electron chi connectivity index (χ3n) is 2.79. The summed E-state index contributed by atoms with van der Waals surface area (Å²) in [6.07, 6.45) is 8.46. The Bertz CT molecular complexity index is 91.0. The lowest BCUT2D eigenvalue weighted by atomic mass is 9.84. The number of ether oxygens (including phenoxy) is 1. The highest BCUT2D eigenvalue weighted by atomic mass is 16.5. The molecular weight excluding hydrogens is 136 g/mol. The van der Waals surface area contributed by atoms with Crippen molar-refractivity contribution in [2.75, 3.05) is 0 Å². The molecule has 1 nitrogen and oxygen atoms in total. The van der Waals surface area contributed by atoms with Crippen molar-refractivity contribution in [3.8, 4) is 0 Å². The van der Waals surface area contributed by atoms with Gasteiger partial charge in [0.2, 0.25) is 0 Å². The van der Waals surface area contributed by atoms with Gasteiger partial charge < -0.3 is 4.74 Å². The Morgan fingerprint density at radius 2 is 2.00 bits per heavy atom. The van der Waals surface area contributed by atoms with Gasteiger partial charge in [0.05, 0.1) is 13.2 Å². The molecule has 0 aliphatic heterocycles. The average molecular weight is 155 g/mol. The van der Waals surface area contributed by atoms with E-state index in [-0.39, 0.29) is 0 Å². The largest absolute Gasteiger partial charge is 0.376 e. The summed E-state index contributed by atoms with van der Waals surface area (Å²) in [6, 6.07) is 0. The second-order valence-corrected chi connectivity index (χ2v) is 3.51. The summed E-state index contributed by atoms with van der Waals surface area (Å²) in [5, 5.41) is 0. The van der Waals surface area contributed by atoms with Gasteiger partial charge in [-0.05, 0) is 25.2 Å². The van der Waals surface area contributed by atoms with Crippen LogP contribution in [-0.2, 0) is 4.74 Å². The molecule has 0 aromatic heterocycles. The topological polar surface area (TPSA) is 9.23 Å². The SMILES string of the molecule is [CH2]OC(CC)C1CCCCC1. The van der Waals surface area contributed by atoms with Crippen molar-refractivity contribution >= 4 is 0 Å². The van der Waals surface area contributed by atoms with Crippen LogP contribution in [0.25, 0.3) is 0 Å². The lowest BCUT2D eigenvalue weighted by Crippen LogP contribution is -2.23. The zero-order chi connectivity index (χ0) is 8.10. The Kier molecular flexibility index (Phi) is 3.92. The fourth-order valence-electron chi connectivity index (χ4n) is 2.09. The highest BCUT2D eigenvalue weighted by molar-refractivity contribution is 4.73. The molecular formula is C10H19O. The summed E-state index contributed by atoms with van der Waals surface area (Å²) in [5.41, 5.74) is 0. The second kappa shape index (κ2) is 4.76. The molecule has 0 saturated heterocycles. The minimum Gasteiger partial charge on any atom is -0.376 e. The predicted octanol–water partition coefficient (Wildman–Crippen LogP) is 3.15. The number of rotatable bonds is 3. The first kappa shape index (κ1) is 9.05. The van der Waals surface area contributed by atoms with E-state index in [1.807, 2.05) is 0 Å². The molecule has 0 N–H and O–H groups in total. The molecule has 1 atom stereocenters. The summed E-state index contributed by atoms with van der Waals surface area (Å²) in [5.74, 6) is 0.797. The summed E-state index contributed by atoms with van der Waals surface area (Å²) in [4.78, 5) is 0. The first-order valence-electron chi connectivity index (χ1n) is 4.79. The van der Waals surface area contributed by atoms with E-state index in [2.05, 4.69) is 14.0 Å². The van der Waals surface area contributed by atoms with Gasteiger partial charge in [-0.15, -0.1) is 0 Å². The van der Waals surface area contributed by atoms with E-state index in [1.54, 1.807) is 0 Å². The van der Waals surface area contributed by atoms with Crippen LogP contribution >= 0.6 is 0 Å². The predicted molar refractivity (Wildman–Crippen MR) is 47.1 cm³/mol. The van der Waals surface area contributed by atoms with Crippen molar-refractivity contribution < 1.29 is 4.74 Å². The summed E-state index contributed by atoms with van der Waals surface area (Å²) in [6.45, 7) is 2.18. The molecule has 0 aromatic rings. The minimum absolute atomic E-state index is 0.426. The van der Waals surface area contributed by atoms with E-state index in [4.69, 9.17) is 4.74 Å². The van der Waals surface area contributed by atoms with E-state index in [1.165, 1.54) is 32.1 Å². The van der Waals surface area contributed by atoms with E-state index >= 15 is 0 Å². The van der Waals surface area contributed by atoms with Crippen LogP contribution in [0.15, 0.2) is 0 Å². The van der Waals surface area contributed by atoms with Gasteiger partial charge >= 0.3 is 0 Å². The van der Waals surface area contributed by atoms with Gasteiger partial charge in [0.1, 0.15) is 0 Å². The molecule has 1 heteroatoms. The van der Waals surface area contributed by atoms with E-state index in [0.29, 0.717) is 6.10 Å². The van der Waals surface area contributed by atoms with Crippen LogP contribution < -0.4 is 0 Å². The fourth-order valence-corrected chi connectivity index (χ4v) is 2.09. The van der Waals surface area contributed by atoms with Crippen LogP contribution in [0.1, 0.15) is 45.4 Å². The first-order valence-corrected chi connectivity index (χ1v) is 4.79. The molecule has 0 spiro atoms. The highest BCUT2D eigenvalue weighted by Gasteiger charge is 2.21. The highest BCUT2D eigenvalue weighted by Crippen LogP contribution is 2.28. The summed E-state index contributed by atoms with van der Waals surface area (Å²) in [7, 11) is 3.53. The Hall–Kier alpha value is -0.0400. The maximum atomic E-state index is 5.19. The molecule has 11 heavy (non-hydrogen) atoms. The minimum atomic E-state index is 0.426. The quantitative estimate of drug-likeness (QED) is 0.608. The fraction of sp³-hybridized carbons (Fsp3) is 0.900. The third-order valence-corrected chi connectivity index (χ3v) is 2.79. The van der Waals surface area contributed by atoms with Crippen molar-refractivity contribution in [1.29, 1.82) is 0 Å². The lowest BCUT2D eigenvalue weighted by molar-refractivity contribution is 0.0589. The normalized spacial score (nSPS) is 23.5. The Morgan fingerprint density at radius 3 is 2.45 bits per heavy atom. The second-order valence-electron chi connectivity index (χ2n) is 3.51. The van der Waals surface area contributed by atoms with Gasteiger partial charge in [-0.2, -0.15) is 0 Å².